The summed E-state index contributed by atoms with van der Waals surface area (Å²) in [6.07, 6.45) is 1.17. The lowest BCUT2D eigenvalue weighted by molar-refractivity contribution is 0.0611. The molecule has 0 aromatic heterocycles. The molecule has 0 aliphatic carbocycles. The summed E-state index contributed by atoms with van der Waals surface area (Å²) in [5.41, 5.74) is 0.313. The molecular weight excluding hydrogens is 240 g/mol. The zero-order valence-electron chi connectivity index (χ0n) is 13.6. The molecule has 116 valence electrons. The fraction of sp³-hybridized carbons (Fsp3) is 1.00. The molecule has 0 spiro atoms. The molecule has 0 aromatic rings. The van der Waals surface area contributed by atoms with Gasteiger partial charge in [-0.1, -0.05) is 13.8 Å². The first-order valence-electron chi connectivity index (χ1n) is 7.64. The maximum atomic E-state index is 5.48. The molecule has 4 heteroatoms. The third-order valence-electron chi connectivity index (χ3n) is 3.57. The Balaban J connectivity index is 4.27. The Kier molecular flexibility index (Phi) is 11.6. The maximum Gasteiger partial charge on any atom is 0.0593 e. The molecule has 1 unspecified atom stereocenters. The number of hydrogen-bond donors (Lipinski definition) is 1. The number of ether oxygens (including phenoxy) is 2. The Morgan fingerprint density at radius 2 is 1.53 bits per heavy atom. The zero-order valence-corrected chi connectivity index (χ0v) is 13.6. The van der Waals surface area contributed by atoms with Crippen molar-refractivity contribution in [1.29, 1.82) is 0 Å². The third-order valence-corrected chi connectivity index (χ3v) is 3.57. The Bertz CT molecular complexity index is 193. The van der Waals surface area contributed by atoms with E-state index in [1.807, 2.05) is 20.9 Å². The van der Waals surface area contributed by atoms with Gasteiger partial charge in [0.2, 0.25) is 0 Å². The molecule has 0 amide bonds. The predicted molar refractivity (Wildman–Crippen MR) is 81.8 cm³/mol. The van der Waals surface area contributed by atoms with Gasteiger partial charge in [-0.3, -0.25) is 4.90 Å². The normalized spacial score (nSPS) is 14.8. The molecule has 0 aliphatic heterocycles. The topological polar surface area (TPSA) is 33.7 Å². The van der Waals surface area contributed by atoms with Crippen LogP contribution in [0.25, 0.3) is 0 Å². The Labute approximate surface area is 119 Å². The molecule has 0 saturated heterocycles. The molecule has 0 rings (SSSR count). The predicted octanol–water partition coefficient (Wildman–Crippen LogP) is 2.00. The average molecular weight is 274 g/mol. The quantitative estimate of drug-likeness (QED) is 0.521. The molecular formula is C15H34N2O2. The zero-order chi connectivity index (χ0) is 14.6. The van der Waals surface area contributed by atoms with Crippen molar-refractivity contribution in [3.05, 3.63) is 0 Å². The highest BCUT2D eigenvalue weighted by molar-refractivity contribution is 4.79. The SMILES string of the molecule is CCOCCN(CCOCC)CC(C)(CC)CNC. The van der Waals surface area contributed by atoms with E-state index < -0.39 is 0 Å². The van der Waals surface area contributed by atoms with Crippen LogP contribution in [0, 0.1) is 5.41 Å². The Hall–Kier alpha value is -0.160. The van der Waals surface area contributed by atoms with Crippen LogP contribution in [0.3, 0.4) is 0 Å². The summed E-state index contributed by atoms with van der Waals surface area (Å²) in [7, 11) is 2.03. The van der Waals surface area contributed by atoms with E-state index in [9.17, 15) is 0 Å². The molecule has 0 fully saturated rings. The molecule has 1 atom stereocenters. The highest BCUT2D eigenvalue weighted by Gasteiger charge is 2.24. The number of nitrogens with zero attached hydrogens (tertiary/aromatic N) is 1. The van der Waals surface area contributed by atoms with Crippen molar-refractivity contribution in [2.75, 3.05) is 59.7 Å². The summed E-state index contributed by atoms with van der Waals surface area (Å²) in [6, 6.07) is 0. The highest BCUT2D eigenvalue weighted by Crippen LogP contribution is 2.21. The molecule has 0 radical (unpaired) electrons. The minimum atomic E-state index is 0.313. The van der Waals surface area contributed by atoms with E-state index >= 15 is 0 Å². The van der Waals surface area contributed by atoms with Gasteiger partial charge in [0.05, 0.1) is 13.2 Å². The van der Waals surface area contributed by atoms with Gasteiger partial charge in [0.15, 0.2) is 0 Å². The van der Waals surface area contributed by atoms with Crippen LogP contribution in [0.15, 0.2) is 0 Å². The van der Waals surface area contributed by atoms with Gasteiger partial charge >= 0.3 is 0 Å². The molecule has 19 heavy (non-hydrogen) atoms. The lowest BCUT2D eigenvalue weighted by Gasteiger charge is -2.35. The fourth-order valence-electron chi connectivity index (χ4n) is 2.21. The van der Waals surface area contributed by atoms with Crippen LogP contribution >= 0.6 is 0 Å². The summed E-state index contributed by atoms with van der Waals surface area (Å²) in [4.78, 5) is 2.46. The minimum Gasteiger partial charge on any atom is -0.380 e. The van der Waals surface area contributed by atoms with Gasteiger partial charge in [-0.2, -0.15) is 0 Å². The van der Waals surface area contributed by atoms with Crippen LogP contribution in [0.1, 0.15) is 34.1 Å². The van der Waals surface area contributed by atoms with E-state index in [1.54, 1.807) is 0 Å². The monoisotopic (exact) mass is 274 g/mol. The van der Waals surface area contributed by atoms with E-state index in [1.165, 1.54) is 6.42 Å². The molecule has 0 saturated carbocycles. The highest BCUT2D eigenvalue weighted by atomic mass is 16.5. The molecule has 1 N–H and O–H groups in total. The lowest BCUT2D eigenvalue weighted by atomic mass is 9.87. The van der Waals surface area contributed by atoms with Gasteiger partial charge in [0, 0.05) is 39.4 Å². The van der Waals surface area contributed by atoms with Crippen molar-refractivity contribution in [2.24, 2.45) is 5.41 Å². The molecule has 0 heterocycles. The van der Waals surface area contributed by atoms with Gasteiger partial charge in [-0.15, -0.1) is 0 Å². The third kappa shape index (κ3) is 9.38. The van der Waals surface area contributed by atoms with Gasteiger partial charge in [-0.25, -0.2) is 0 Å². The summed E-state index contributed by atoms with van der Waals surface area (Å²) in [5.74, 6) is 0. The second kappa shape index (κ2) is 11.6. The molecule has 4 nitrogen and oxygen atoms in total. The van der Waals surface area contributed by atoms with Crippen molar-refractivity contribution < 1.29 is 9.47 Å². The van der Waals surface area contributed by atoms with Crippen molar-refractivity contribution in [1.82, 2.24) is 10.2 Å². The van der Waals surface area contributed by atoms with Crippen molar-refractivity contribution in [2.45, 2.75) is 34.1 Å². The van der Waals surface area contributed by atoms with E-state index in [-0.39, 0.29) is 0 Å². The first-order chi connectivity index (χ1) is 9.11. The van der Waals surface area contributed by atoms with Crippen LogP contribution in [-0.2, 0) is 9.47 Å². The first-order valence-corrected chi connectivity index (χ1v) is 7.64. The number of hydrogen-bond acceptors (Lipinski definition) is 4. The van der Waals surface area contributed by atoms with E-state index in [0.717, 1.165) is 52.6 Å². The summed E-state index contributed by atoms with van der Waals surface area (Å²) in [5, 5.41) is 3.31. The van der Waals surface area contributed by atoms with Crippen LogP contribution < -0.4 is 5.32 Å². The first kappa shape index (κ1) is 18.8. The smallest absolute Gasteiger partial charge is 0.0593 e. The summed E-state index contributed by atoms with van der Waals surface area (Å²) >= 11 is 0. The average Bonchev–Trinajstić information content (AvgIpc) is 2.39. The van der Waals surface area contributed by atoms with E-state index in [2.05, 4.69) is 24.1 Å². The Morgan fingerprint density at radius 3 is 1.89 bits per heavy atom. The second-order valence-electron chi connectivity index (χ2n) is 5.36. The fourth-order valence-corrected chi connectivity index (χ4v) is 2.21. The summed E-state index contributed by atoms with van der Waals surface area (Å²) in [6.45, 7) is 16.0. The number of nitrogens with one attached hydrogen (secondary N) is 1. The summed E-state index contributed by atoms with van der Waals surface area (Å²) < 4.78 is 11.0. The van der Waals surface area contributed by atoms with Crippen LogP contribution in [0.2, 0.25) is 0 Å². The maximum absolute atomic E-state index is 5.48. The van der Waals surface area contributed by atoms with Crippen LogP contribution in [-0.4, -0.2) is 64.6 Å². The minimum absolute atomic E-state index is 0.313. The van der Waals surface area contributed by atoms with Crippen molar-refractivity contribution in [3.8, 4) is 0 Å². The standard InChI is InChI=1S/C15H34N2O2/c1-6-15(4,13-16-5)14-17(9-11-18-7-2)10-12-19-8-3/h16H,6-14H2,1-5H3. The molecule has 0 bridgehead atoms. The Morgan fingerprint density at radius 1 is 1.00 bits per heavy atom. The lowest BCUT2D eigenvalue weighted by Crippen LogP contribution is -2.43. The van der Waals surface area contributed by atoms with Crippen LogP contribution in [0.4, 0.5) is 0 Å². The van der Waals surface area contributed by atoms with Gasteiger partial charge < -0.3 is 14.8 Å². The van der Waals surface area contributed by atoms with Gasteiger partial charge in [-0.05, 0) is 32.7 Å². The van der Waals surface area contributed by atoms with Gasteiger partial charge in [0.25, 0.3) is 0 Å². The van der Waals surface area contributed by atoms with E-state index in [0.29, 0.717) is 5.41 Å². The van der Waals surface area contributed by atoms with Crippen LogP contribution in [0.5, 0.6) is 0 Å². The number of rotatable bonds is 13. The van der Waals surface area contributed by atoms with Crippen molar-refractivity contribution in [3.63, 3.8) is 0 Å². The largest absolute Gasteiger partial charge is 0.380 e. The molecule has 0 aromatic carbocycles. The van der Waals surface area contributed by atoms with E-state index in [4.69, 9.17) is 9.47 Å². The van der Waals surface area contributed by atoms with Gasteiger partial charge in [0.1, 0.15) is 0 Å². The van der Waals surface area contributed by atoms with Crippen molar-refractivity contribution >= 4 is 0 Å². The second-order valence-corrected chi connectivity index (χ2v) is 5.36. The molecule has 0 aliphatic rings.